The second-order valence-electron chi connectivity index (χ2n) is 4.02. The molecule has 0 saturated carbocycles. The predicted octanol–water partition coefficient (Wildman–Crippen LogP) is 3.95. The average molecular weight is 291 g/mol. The molecule has 0 aliphatic rings. The van der Waals surface area contributed by atoms with Crippen molar-refractivity contribution in [3.8, 4) is 0 Å². The number of nitrogen functional groups attached to an aromatic ring is 1. The predicted molar refractivity (Wildman–Crippen MR) is 77.1 cm³/mol. The van der Waals surface area contributed by atoms with Crippen molar-refractivity contribution in [1.29, 1.82) is 0 Å². The number of anilines is 2. The van der Waals surface area contributed by atoms with E-state index in [1.807, 2.05) is 36.4 Å². The molecule has 2 aromatic carbocycles. The Morgan fingerprint density at radius 2 is 1.94 bits per heavy atom. The third kappa shape index (κ3) is 3.01. The average Bonchev–Trinajstić information content (AvgIpc) is 2.32. The zero-order chi connectivity index (χ0) is 12.3. The number of benzene rings is 2. The van der Waals surface area contributed by atoms with E-state index in [1.165, 1.54) is 11.1 Å². The van der Waals surface area contributed by atoms with Crippen LogP contribution in [0.5, 0.6) is 0 Å². The highest BCUT2D eigenvalue weighted by Crippen LogP contribution is 2.21. The number of halogens is 1. The van der Waals surface area contributed by atoms with Gasteiger partial charge in [-0.1, -0.05) is 40.2 Å². The number of hydrogen-bond donors (Lipinski definition) is 2. The van der Waals surface area contributed by atoms with Gasteiger partial charge in [0, 0.05) is 22.4 Å². The summed E-state index contributed by atoms with van der Waals surface area (Å²) in [4.78, 5) is 0. The Morgan fingerprint density at radius 1 is 1.18 bits per heavy atom. The first kappa shape index (κ1) is 12.0. The molecule has 0 fully saturated rings. The van der Waals surface area contributed by atoms with Gasteiger partial charge in [-0.15, -0.1) is 0 Å². The van der Waals surface area contributed by atoms with Gasteiger partial charge in [-0.3, -0.25) is 0 Å². The summed E-state index contributed by atoms with van der Waals surface area (Å²) in [6, 6.07) is 14.1. The monoisotopic (exact) mass is 290 g/mol. The first-order valence-electron chi connectivity index (χ1n) is 5.50. The number of hydrogen-bond acceptors (Lipinski definition) is 2. The molecule has 2 nitrogen and oxygen atoms in total. The summed E-state index contributed by atoms with van der Waals surface area (Å²) in [5.41, 5.74) is 10.1. The Hall–Kier alpha value is -1.48. The van der Waals surface area contributed by atoms with Crippen molar-refractivity contribution in [3.05, 3.63) is 58.1 Å². The van der Waals surface area contributed by atoms with E-state index >= 15 is 0 Å². The standard InChI is InChI=1S/C14H15BrN2/c1-10-6-7-12(16)8-14(10)17-9-11-4-2-3-5-13(11)15/h2-8,17H,9,16H2,1H3. The maximum atomic E-state index is 5.78. The SMILES string of the molecule is Cc1ccc(N)cc1NCc1ccccc1Br. The van der Waals surface area contributed by atoms with Crippen LogP contribution < -0.4 is 11.1 Å². The van der Waals surface area contributed by atoms with E-state index < -0.39 is 0 Å². The molecule has 0 radical (unpaired) electrons. The molecule has 0 amide bonds. The summed E-state index contributed by atoms with van der Waals surface area (Å²) >= 11 is 3.54. The summed E-state index contributed by atoms with van der Waals surface area (Å²) in [7, 11) is 0. The van der Waals surface area contributed by atoms with Crippen LogP contribution in [0.25, 0.3) is 0 Å². The van der Waals surface area contributed by atoms with E-state index in [0.717, 1.165) is 22.4 Å². The van der Waals surface area contributed by atoms with Gasteiger partial charge in [0.05, 0.1) is 0 Å². The van der Waals surface area contributed by atoms with Crippen LogP contribution in [0.3, 0.4) is 0 Å². The molecule has 0 bridgehead atoms. The Bertz CT molecular complexity index is 523. The van der Waals surface area contributed by atoms with E-state index in [9.17, 15) is 0 Å². The van der Waals surface area contributed by atoms with Crippen molar-refractivity contribution < 1.29 is 0 Å². The smallest absolute Gasteiger partial charge is 0.0412 e. The molecule has 2 aromatic rings. The summed E-state index contributed by atoms with van der Waals surface area (Å²) < 4.78 is 1.12. The van der Waals surface area contributed by atoms with Gasteiger partial charge in [0.25, 0.3) is 0 Å². The Labute approximate surface area is 110 Å². The Balaban J connectivity index is 2.12. The van der Waals surface area contributed by atoms with Crippen LogP contribution >= 0.6 is 15.9 Å². The van der Waals surface area contributed by atoms with E-state index in [-0.39, 0.29) is 0 Å². The van der Waals surface area contributed by atoms with Crippen molar-refractivity contribution >= 4 is 27.3 Å². The van der Waals surface area contributed by atoms with Gasteiger partial charge >= 0.3 is 0 Å². The molecule has 0 aliphatic carbocycles. The minimum Gasteiger partial charge on any atom is -0.399 e. The van der Waals surface area contributed by atoms with Crippen LogP contribution in [0, 0.1) is 6.92 Å². The summed E-state index contributed by atoms with van der Waals surface area (Å²) in [5.74, 6) is 0. The maximum Gasteiger partial charge on any atom is 0.0412 e. The highest BCUT2D eigenvalue weighted by atomic mass is 79.9. The highest BCUT2D eigenvalue weighted by Gasteiger charge is 2.01. The van der Waals surface area contributed by atoms with Gasteiger partial charge in [-0.05, 0) is 36.2 Å². The highest BCUT2D eigenvalue weighted by molar-refractivity contribution is 9.10. The van der Waals surface area contributed by atoms with Gasteiger partial charge in [0.2, 0.25) is 0 Å². The lowest BCUT2D eigenvalue weighted by molar-refractivity contribution is 1.13. The van der Waals surface area contributed by atoms with Crippen molar-refractivity contribution in [2.24, 2.45) is 0 Å². The van der Waals surface area contributed by atoms with Crippen LogP contribution in [-0.4, -0.2) is 0 Å². The third-order valence-electron chi connectivity index (χ3n) is 2.69. The van der Waals surface area contributed by atoms with Gasteiger partial charge in [0.15, 0.2) is 0 Å². The van der Waals surface area contributed by atoms with Gasteiger partial charge in [0.1, 0.15) is 0 Å². The molecule has 17 heavy (non-hydrogen) atoms. The lowest BCUT2D eigenvalue weighted by Crippen LogP contribution is -2.02. The van der Waals surface area contributed by atoms with Crippen LogP contribution in [0.2, 0.25) is 0 Å². The topological polar surface area (TPSA) is 38.0 Å². The quantitative estimate of drug-likeness (QED) is 0.840. The number of nitrogens with one attached hydrogen (secondary N) is 1. The van der Waals surface area contributed by atoms with Crippen molar-refractivity contribution in [2.75, 3.05) is 11.1 Å². The molecule has 2 rings (SSSR count). The van der Waals surface area contributed by atoms with Gasteiger partial charge in [-0.25, -0.2) is 0 Å². The fourth-order valence-electron chi connectivity index (χ4n) is 1.66. The minimum atomic E-state index is 0.783. The maximum absolute atomic E-state index is 5.78. The largest absolute Gasteiger partial charge is 0.399 e. The Morgan fingerprint density at radius 3 is 2.71 bits per heavy atom. The molecule has 0 aliphatic heterocycles. The first-order valence-corrected chi connectivity index (χ1v) is 6.29. The molecule has 0 atom stereocenters. The fourth-order valence-corrected chi connectivity index (χ4v) is 2.09. The van der Waals surface area contributed by atoms with E-state index in [2.05, 4.69) is 34.2 Å². The number of aryl methyl sites for hydroxylation is 1. The first-order chi connectivity index (χ1) is 8.16. The molecule has 0 spiro atoms. The summed E-state index contributed by atoms with van der Waals surface area (Å²) in [6.07, 6.45) is 0. The molecule has 0 heterocycles. The minimum absolute atomic E-state index is 0.783. The molecule has 0 saturated heterocycles. The molecular formula is C14H15BrN2. The third-order valence-corrected chi connectivity index (χ3v) is 3.46. The van der Waals surface area contributed by atoms with Gasteiger partial charge < -0.3 is 11.1 Å². The molecule has 0 aromatic heterocycles. The zero-order valence-electron chi connectivity index (χ0n) is 9.70. The molecule has 0 unspecified atom stereocenters. The van der Waals surface area contributed by atoms with Crippen molar-refractivity contribution in [3.63, 3.8) is 0 Å². The van der Waals surface area contributed by atoms with Crippen LogP contribution in [-0.2, 0) is 6.54 Å². The number of nitrogens with two attached hydrogens (primary N) is 1. The molecule has 88 valence electrons. The lowest BCUT2D eigenvalue weighted by atomic mass is 10.1. The van der Waals surface area contributed by atoms with E-state index in [0.29, 0.717) is 0 Å². The lowest BCUT2D eigenvalue weighted by Gasteiger charge is -2.11. The Kier molecular flexibility index (Phi) is 3.69. The fraction of sp³-hybridized carbons (Fsp3) is 0.143. The summed E-state index contributed by atoms with van der Waals surface area (Å²) in [5, 5.41) is 3.40. The molecular weight excluding hydrogens is 276 g/mol. The summed E-state index contributed by atoms with van der Waals surface area (Å²) in [6.45, 7) is 2.85. The van der Waals surface area contributed by atoms with E-state index in [4.69, 9.17) is 5.73 Å². The second kappa shape index (κ2) is 5.23. The normalized spacial score (nSPS) is 10.2. The van der Waals surface area contributed by atoms with Crippen LogP contribution in [0.15, 0.2) is 46.9 Å². The van der Waals surface area contributed by atoms with Crippen LogP contribution in [0.1, 0.15) is 11.1 Å². The van der Waals surface area contributed by atoms with E-state index in [1.54, 1.807) is 0 Å². The number of rotatable bonds is 3. The molecule has 3 heteroatoms. The van der Waals surface area contributed by atoms with Gasteiger partial charge in [-0.2, -0.15) is 0 Å². The van der Waals surface area contributed by atoms with Crippen LogP contribution in [0.4, 0.5) is 11.4 Å². The van der Waals surface area contributed by atoms with Crippen molar-refractivity contribution in [2.45, 2.75) is 13.5 Å². The molecule has 3 N–H and O–H groups in total. The zero-order valence-corrected chi connectivity index (χ0v) is 11.3. The second-order valence-corrected chi connectivity index (χ2v) is 4.87. The van der Waals surface area contributed by atoms with Crippen molar-refractivity contribution in [1.82, 2.24) is 0 Å².